The van der Waals surface area contributed by atoms with Gasteiger partial charge in [-0.2, -0.15) is 5.10 Å². The first-order valence-corrected chi connectivity index (χ1v) is 8.34. The molecule has 0 saturated carbocycles. The van der Waals surface area contributed by atoms with Gasteiger partial charge in [-0.05, 0) is 47.5 Å². The van der Waals surface area contributed by atoms with E-state index in [1.165, 1.54) is 19.2 Å². The summed E-state index contributed by atoms with van der Waals surface area (Å²) in [6, 6.07) is 18.9. The summed E-state index contributed by atoms with van der Waals surface area (Å²) in [7, 11) is 1.52. The fourth-order valence-corrected chi connectivity index (χ4v) is 2.97. The Labute approximate surface area is 154 Å². The number of para-hydroxylation sites is 1. The van der Waals surface area contributed by atoms with Crippen molar-refractivity contribution < 1.29 is 13.9 Å². The van der Waals surface area contributed by atoms with Crippen molar-refractivity contribution in [2.24, 2.45) is 0 Å². The van der Waals surface area contributed by atoms with Crippen LogP contribution in [0.5, 0.6) is 5.75 Å². The zero-order chi connectivity index (χ0) is 18.8. The number of benzene rings is 3. The van der Waals surface area contributed by atoms with Gasteiger partial charge in [0.1, 0.15) is 11.6 Å². The molecule has 27 heavy (non-hydrogen) atoms. The van der Waals surface area contributed by atoms with Gasteiger partial charge in [-0.1, -0.05) is 30.3 Å². The van der Waals surface area contributed by atoms with Crippen molar-refractivity contribution in [2.45, 2.75) is 0 Å². The highest BCUT2D eigenvalue weighted by Gasteiger charge is 2.15. The predicted octanol–water partition coefficient (Wildman–Crippen LogP) is 4.63. The van der Waals surface area contributed by atoms with Crippen molar-refractivity contribution in [2.75, 3.05) is 12.4 Å². The monoisotopic (exact) mass is 361 g/mol. The maximum Gasteiger partial charge on any atom is 0.260 e. The van der Waals surface area contributed by atoms with Gasteiger partial charge in [0.2, 0.25) is 0 Å². The molecule has 134 valence electrons. The highest BCUT2D eigenvalue weighted by Crippen LogP contribution is 2.28. The third-order valence-electron chi connectivity index (χ3n) is 4.30. The van der Waals surface area contributed by atoms with Crippen molar-refractivity contribution in [1.29, 1.82) is 0 Å². The minimum Gasteiger partial charge on any atom is -0.496 e. The SMILES string of the molecule is COc1ccccc1C(=O)Nc1n[nH]c2cc(-c3cccc(F)c3)ccc12. The summed E-state index contributed by atoms with van der Waals surface area (Å²) >= 11 is 0. The van der Waals surface area contributed by atoms with E-state index in [-0.39, 0.29) is 11.7 Å². The maximum absolute atomic E-state index is 13.5. The molecule has 4 rings (SSSR count). The molecule has 0 aliphatic heterocycles. The van der Waals surface area contributed by atoms with Gasteiger partial charge in [0, 0.05) is 5.39 Å². The number of fused-ring (bicyclic) bond motifs is 1. The first-order chi connectivity index (χ1) is 13.2. The van der Waals surface area contributed by atoms with Crippen LogP contribution >= 0.6 is 0 Å². The minimum atomic E-state index is -0.310. The lowest BCUT2D eigenvalue weighted by Crippen LogP contribution is -2.13. The smallest absolute Gasteiger partial charge is 0.260 e. The fourth-order valence-electron chi connectivity index (χ4n) is 2.97. The molecule has 4 aromatic rings. The summed E-state index contributed by atoms with van der Waals surface area (Å²) in [6.07, 6.45) is 0. The van der Waals surface area contributed by atoms with Crippen LogP contribution in [-0.2, 0) is 0 Å². The van der Waals surface area contributed by atoms with Crippen LogP contribution in [0.25, 0.3) is 22.0 Å². The molecule has 1 amide bonds. The van der Waals surface area contributed by atoms with E-state index in [1.54, 1.807) is 30.3 Å². The molecule has 5 nitrogen and oxygen atoms in total. The normalized spacial score (nSPS) is 10.7. The standard InChI is InChI=1S/C21H16FN3O2/c1-27-19-8-3-2-7-17(19)21(26)23-20-16-10-9-14(12-18(16)24-25-20)13-5-4-6-15(22)11-13/h2-12H,1H3,(H2,23,24,25,26). The van der Waals surface area contributed by atoms with Crippen LogP contribution in [0, 0.1) is 5.82 Å². The molecular weight excluding hydrogens is 345 g/mol. The Morgan fingerprint density at radius 2 is 1.85 bits per heavy atom. The van der Waals surface area contributed by atoms with Crippen molar-refractivity contribution >= 4 is 22.6 Å². The Hall–Kier alpha value is -3.67. The third-order valence-corrected chi connectivity index (χ3v) is 4.30. The number of amides is 1. The highest BCUT2D eigenvalue weighted by atomic mass is 19.1. The minimum absolute atomic E-state index is 0.290. The van der Waals surface area contributed by atoms with Crippen molar-refractivity contribution in [3.63, 3.8) is 0 Å². The van der Waals surface area contributed by atoms with Crippen molar-refractivity contribution in [3.8, 4) is 16.9 Å². The lowest BCUT2D eigenvalue weighted by molar-refractivity contribution is 0.102. The van der Waals surface area contributed by atoms with Crippen LogP contribution in [0.15, 0.2) is 66.7 Å². The molecule has 6 heteroatoms. The number of halogens is 1. The van der Waals surface area contributed by atoms with Crippen molar-refractivity contribution in [1.82, 2.24) is 10.2 Å². The van der Waals surface area contributed by atoms with Gasteiger partial charge < -0.3 is 10.1 Å². The molecule has 0 spiro atoms. The highest BCUT2D eigenvalue weighted by molar-refractivity contribution is 6.09. The fraction of sp³-hybridized carbons (Fsp3) is 0.0476. The average molecular weight is 361 g/mol. The summed E-state index contributed by atoms with van der Waals surface area (Å²) in [5.74, 6) is 0.312. The second-order valence-electron chi connectivity index (χ2n) is 6.00. The van der Waals surface area contributed by atoms with E-state index >= 15 is 0 Å². The number of nitrogens with one attached hydrogen (secondary N) is 2. The number of rotatable bonds is 4. The lowest BCUT2D eigenvalue weighted by atomic mass is 10.0. The van der Waals surface area contributed by atoms with E-state index in [2.05, 4.69) is 15.5 Å². The van der Waals surface area contributed by atoms with Gasteiger partial charge in [-0.25, -0.2) is 4.39 Å². The van der Waals surface area contributed by atoms with E-state index < -0.39 is 0 Å². The second-order valence-corrected chi connectivity index (χ2v) is 6.00. The van der Waals surface area contributed by atoms with E-state index in [0.29, 0.717) is 17.1 Å². The van der Waals surface area contributed by atoms with Crippen LogP contribution in [0.1, 0.15) is 10.4 Å². The number of hydrogen-bond donors (Lipinski definition) is 2. The number of carbonyl (C=O) groups is 1. The molecule has 3 aromatic carbocycles. The zero-order valence-electron chi connectivity index (χ0n) is 14.5. The van der Waals surface area contributed by atoms with Crippen LogP contribution in [-0.4, -0.2) is 23.2 Å². The van der Waals surface area contributed by atoms with Crippen molar-refractivity contribution in [3.05, 3.63) is 78.1 Å². The first kappa shape index (κ1) is 16.8. The van der Waals surface area contributed by atoms with E-state index in [9.17, 15) is 9.18 Å². The molecule has 0 unspecified atom stereocenters. The van der Waals surface area contributed by atoms with Gasteiger partial charge in [0.25, 0.3) is 5.91 Å². The van der Waals surface area contributed by atoms with Crippen LogP contribution in [0.4, 0.5) is 10.2 Å². The second kappa shape index (κ2) is 6.92. The van der Waals surface area contributed by atoms with E-state index in [0.717, 1.165) is 22.0 Å². The summed E-state index contributed by atoms with van der Waals surface area (Å²) in [5.41, 5.74) is 2.79. The predicted molar refractivity (Wildman–Crippen MR) is 102 cm³/mol. The molecule has 0 bridgehead atoms. The largest absolute Gasteiger partial charge is 0.496 e. The molecule has 0 atom stereocenters. The number of carbonyl (C=O) groups excluding carboxylic acids is 1. The van der Waals surface area contributed by atoms with Gasteiger partial charge in [0.05, 0.1) is 18.2 Å². The molecule has 1 aromatic heterocycles. The summed E-state index contributed by atoms with van der Waals surface area (Å²) < 4.78 is 18.7. The quantitative estimate of drug-likeness (QED) is 0.557. The summed E-state index contributed by atoms with van der Waals surface area (Å²) in [5, 5.41) is 10.7. The number of anilines is 1. The molecule has 0 radical (unpaired) electrons. The summed E-state index contributed by atoms with van der Waals surface area (Å²) in [6.45, 7) is 0. The van der Waals surface area contributed by atoms with E-state index in [4.69, 9.17) is 4.74 Å². The maximum atomic E-state index is 13.5. The average Bonchev–Trinajstić information content (AvgIpc) is 3.10. The number of nitrogens with zero attached hydrogens (tertiary/aromatic N) is 1. The van der Waals surface area contributed by atoms with Gasteiger partial charge in [-0.15, -0.1) is 0 Å². The van der Waals surface area contributed by atoms with Gasteiger partial charge in [-0.3, -0.25) is 9.89 Å². The Balaban J connectivity index is 1.65. The third kappa shape index (κ3) is 3.25. The molecule has 1 heterocycles. The molecule has 0 saturated heterocycles. The zero-order valence-corrected chi connectivity index (χ0v) is 14.5. The molecular formula is C21H16FN3O2. The number of ether oxygens (including phenoxy) is 1. The van der Waals surface area contributed by atoms with Gasteiger partial charge in [0.15, 0.2) is 5.82 Å². The Morgan fingerprint density at radius 3 is 2.67 bits per heavy atom. The molecule has 2 N–H and O–H groups in total. The number of methoxy groups -OCH3 is 1. The Morgan fingerprint density at radius 1 is 1.04 bits per heavy atom. The Kier molecular flexibility index (Phi) is 4.30. The number of aromatic amines is 1. The number of aromatic nitrogens is 2. The summed E-state index contributed by atoms with van der Waals surface area (Å²) in [4.78, 5) is 12.6. The van der Waals surface area contributed by atoms with Crippen LogP contribution in [0.2, 0.25) is 0 Å². The molecule has 0 aliphatic rings. The van der Waals surface area contributed by atoms with Crippen LogP contribution < -0.4 is 10.1 Å². The number of hydrogen-bond acceptors (Lipinski definition) is 3. The van der Waals surface area contributed by atoms with Gasteiger partial charge >= 0.3 is 0 Å². The van der Waals surface area contributed by atoms with E-state index in [1.807, 2.05) is 24.3 Å². The lowest BCUT2D eigenvalue weighted by Gasteiger charge is -2.08. The Bertz CT molecular complexity index is 1140. The van der Waals surface area contributed by atoms with Crippen LogP contribution in [0.3, 0.4) is 0 Å². The molecule has 0 aliphatic carbocycles. The number of H-pyrrole nitrogens is 1. The molecule has 0 fully saturated rings. The first-order valence-electron chi connectivity index (χ1n) is 8.34. The topological polar surface area (TPSA) is 67.0 Å².